The van der Waals surface area contributed by atoms with Crippen molar-refractivity contribution in [2.75, 3.05) is 13.2 Å². The van der Waals surface area contributed by atoms with Crippen LogP contribution in [0.1, 0.15) is 65.7 Å². The lowest BCUT2D eigenvalue weighted by Gasteiger charge is -2.69. The van der Waals surface area contributed by atoms with Crippen molar-refractivity contribution in [1.82, 2.24) is 0 Å². The molecular formula is C37H52Cl6O13. The third kappa shape index (κ3) is 7.23. The van der Waals surface area contributed by atoms with E-state index >= 15 is 0 Å². The lowest BCUT2D eigenvalue weighted by atomic mass is 9.40. The van der Waals surface area contributed by atoms with Crippen molar-refractivity contribution in [2.45, 2.75) is 158 Å². The van der Waals surface area contributed by atoms with E-state index in [-0.39, 0.29) is 38.2 Å². The molecule has 0 aromatic heterocycles. The molecule has 15 atom stereocenters. The monoisotopic (exact) mass is 914 g/mol. The molecule has 6 fully saturated rings. The number of esters is 2. The minimum Gasteiger partial charge on any atom is -0.458 e. The lowest BCUT2D eigenvalue weighted by Crippen LogP contribution is -2.76. The molecule has 0 spiro atoms. The van der Waals surface area contributed by atoms with Gasteiger partial charge in [0.25, 0.3) is 0 Å². The van der Waals surface area contributed by atoms with Crippen LogP contribution in [0.15, 0.2) is 11.6 Å². The number of carbonyl (C=O) groups excluding carboxylic acids is 2. The quantitative estimate of drug-likeness (QED) is 0.120. The van der Waals surface area contributed by atoms with Crippen molar-refractivity contribution >= 4 is 81.5 Å². The number of carbonyl (C=O) groups is 2. The molecule has 1 saturated heterocycles. The van der Waals surface area contributed by atoms with E-state index in [2.05, 4.69) is 0 Å². The average molecular weight is 918 g/mol. The van der Waals surface area contributed by atoms with Crippen LogP contribution in [0.5, 0.6) is 0 Å². The van der Waals surface area contributed by atoms with Gasteiger partial charge in [-0.05, 0) is 50.5 Å². The molecule has 0 unspecified atom stereocenters. The molecule has 0 bridgehead atoms. The number of hydrogen-bond donors (Lipinski definition) is 7. The van der Waals surface area contributed by atoms with Gasteiger partial charge < -0.3 is 54.7 Å². The first kappa shape index (κ1) is 45.6. The van der Waals surface area contributed by atoms with E-state index in [1.807, 2.05) is 6.92 Å². The third-order valence-electron chi connectivity index (χ3n) is 14.3. The second-order valence-electron chi connectivity index (χ2n) is 17.1. The van der Waals surface area contributed by atoms with Gasteiger partial charge in [-0.2, -0.15) is 0 Å². The zero-order valence-corrected chi connectivity index (χ0v) is 35.6. The molecule has 0 aromatic carbocycles. The molecule has 2 heterocycles. The maximum atomic E-state index is 12.7. The number of halogens is 6. The fourth-order valence-electron chi connectivity index (χ4n) is 11.6. The first-order valence-corrected chi connectivity index (χ1v) is 21.7. The second kappa shape index (κ2) is 16.7. The van der Waals surface area contributed by atoms with Crippen LogP contribution in [-0.2, 0) is 28.5 Å². The number of aliphatic hydroxyl groups is 7. The zero-order valence-electron chi connectivity index (χ0n) is 31.1. The van der Waals surface area contributed by atoms with Crippen LogP contribution in [-0.4, -0.2) is 153 Å². The van der Waals surface area contributed by atoms with Crippen LogP contribution >= 0.6 is 69.6 Å². The van der Waals surface area contributed by atoms with Gasteiger partial charge in [-0.15, -0.1) is 69.6 Å². The molecule has 5 aliphatic carbocycles. The highest BCUT2D eigenvalue weighted by Crippen LogP contribution is 2.72. The highest BCUT2D eigenvalue weighted by atomic mass is 35.5. The Kier molecular flexibility index (Phi) is 13.6. The molecule has 0 radical (unpaired) electrons. The van der Waals surface area contributed by atoms with Gasteiger partial charge in [-0.3, -0.25) is 4.79 Å². The summed E-state index contributed by atoms with van der Waals surface area (Å²) in [6.45, 7) is 4.31. The summed E-state index contributed by atoms with van der Waals surface area (Å²) in [4.78, 5) is 24.7. The van der Waals surface area contributed by atoms with Crippen molar-refractivity contribution in [2.24, 2.45) is 28.6 Å². The van der Waals surface area contributed by atoms with Crippen molar-refractivity contribution < 1.29 is 64.3 Å². The van der Waals surface area contributed by atoms with Crippen LogP contribution in [0.25, 0.3) is 0 Å². The van der Waals surface area contributed by atoms with Crippen LogP contribution in [0.2, 0.25) is 0 Å². The van der Waals surface area contributed by atoms with E-state index in [0.29, 0.717) is 19.3 Å². The van der Waals surface area contributed by atoms with Crippen molar-refractivity contribution in [3.05, 3.63) is 11.6 Å². The number of rotatable bonds is 5. The Morgan fingerprint density at radius 2 is 1.48 bits per heavy atom. The molecule has 320 valence electrons. The zero-order chi connectivity index (χ0) is 41.4. The predicted octanol–water partition coefficient (Wildman–Crippen LogP) is 2.70. The summed E-state index contributed by atoms with van der Waals surface area (Å²) in [5.41, 5.74) is -4.40. The van der Waals surface area contributed by atoms with Gasteiger partial charge >= 0.3 is 11.9 Å². The predicted molar refractivity (Wildman–Crippen MR) is 206 cm³/mol. The molecule has 2 aliphatic heterocycles. The number of alkyl halides is 6. The Morgan fingerprint density at radius 3 is 2.00 bits per heavy atom. The van der Waals surface area contributed by atoms with E-state index in [0.717, 1.165) is 5.57 Å². The Labute approximate surface area is 355 Å². The van der Waals surface area contributed by atoms with Gasteiger partial charge in [0.15, 0.2) is 6.29 Å². The van der Waals surface area contributed by atoms with Gasteiger partial charge in [-0.1, -0.05) is 6.92 Å². The number of ether oxygens (including phenoxy) is 4. The van der Waals surface area contributed by atoms with E-state index in [4.69, 9.17) is 88.6 Å². The standard InChI is InChI=1S/C31H46O13.C6H6Cl6/c1-14-24(37)25(38)26(39)27(42-14)43-17-9-21(35)30(13-32)23-19(4-6-29(30,40)10-17)31(44-15(2)33)7-5-18(16-8-22(36)41-12-16)28(31,3)11-20(23)34;7-1-2(8)4(10)6(12)5(11)3(1)9/h8,14,17-21,23-27,32,34-35,37-40H,4-7,9-13H2,1-3H3;1-6H/t14-,17-,18+,19+,20+,21+,23+,24-,25+,26+,27-,28+,29-,30+,31-;/m0./s1. The fourth-order valence-corrected chi connectivity index (χ4v) is 13.9. The summed E-state index contributed by atoms with van der Waals surface area (Å²) < 4.78 is 23.1. The minimum atomic E-state index is -1.72. The van der Waals surface area contributed by atoms with Crippen LogP contribution in [0, 0.1) is 28.6 Å². The summed E-state index contributed by atoms with van der Waals surface area (Å²) in [6.07, 6.45) is -6.98. The number of aliphatic hydroxyl groups excluding tert-OH is 6. The summed E-state index contributed by atoms with van der Waals surface area (Å²) in [7, 11) is 0. The highest BCUT2D eigenvalue weighted by molar-refractivity contribution is 6.45. The molecule has 0 amide bonds. The number of cyclic esters (lactones) is 1. The summed E-state index contributed by atoms with van der Waals surface area (Å²) in [6, 6.07) is 0. The third-order valence-corrected chi connectivity index (χ3v) is 18.3. The van der Waals surface area contributed by atoms with E-state index in [1.165, 1.54) is 19.9 Å². The first-order valence-electron chi connectivity index (χ1n) is 19.1. The topological polar surface area (TPSA) is 213 Å². The van der Waals surface area contributed by atoms with E-state index in [9.17, 15) is 45.3 Å². The molecule has 13 nitrogen and oxygen atoms in total. The average Bonchev–Trinajstić information content (AvgIpc) is 3.69. The molecule has 5 saturated carbocycles. The van der Waals surface area contributed by atoms with Crippen molar-refractivity contribution in [3.8, 4) is 0 Å². The first-order chi connectivity index (χ1) is 26.1. The van der Waals surface area contributed by atoms with Gasteiger partial charge in [0, 0.05) is 43.1 Å². The molecule has 7 aliphatic rings. The largest absolute Gasteiger partial charge is 0.458 e. The fraction of sp³-hybridized carbons (Fsp3) is 0.892. The van der Waals surface area contributed by atoms with Gasteiger partial charge in [0.05, 0.1) is 74.3 Å². The molecule has 0 aromatic rings. The summed E-state index contributed by atoms with van der Waals surface area (Å²) in [5, 5.41) is 75.4. The molecular weight excluding hydrogens is 865 g/mol. The Balaban J connectivity index is 0.000000380. The maximum Gasteiger partial charge on any atom is 0.331 e. The van der Waals surface area contributed by atoms with E-state index in [1.54, 1.807) is 0 Å². The molecule has 19 heteroatoms. The molecule has 7 N–H and O–H groups in total. The summed E-state index contributed by atoms with van der Waals surface area (Å²) >= 11 is 35.3. The normalized spacial score (nSPS) is 54.0. The summed E-state index contributed by atoms with van der Waals surface area (Å²) in [5.74, 6) is -2.51. The van der Waals surface area contributed by atoms with Gasteiger partial charge in [-0.25, -0.2) is 4.79 Å². The SMILES string of the molecule is CC(=O)O[C@]12CC[C@H](C3=CC(=O)OC3)[C@@]1(C)C[C@@H](O)[C@H]1[C@H]2CC[C@]2(O)C[C@@H](O[C@@H]3O[C@@H](C)[C@H](O)[C@@H](O)[C@H]3O)C[C@@H](O)[C@]12CO.ClC1C(Cl)C(Cl)C(Cl)C(Cl)C1Cl. The van der Waals surface area contributed by atoms with Crippen LogP contribution in [0.3, 0.4) is 0 Å². The Morgan fingerprint density at radius 1 is 0.893 bits per heavy atom. The molecule has 7 rings (SSSR count). The van der Waals surface area contributed by atoms with Crippen LogP contribution in [0.4, 0.5) is 0 Å². The number of hydrogen-bond acceptors (Lipinski definition) is 13. The molecule has 56 heavy (non-hydrogen) atoms. The lowest BCUT2D eigenvalue weighted by molar-refractivity contribution is -0.342. The van der Waals surface area contributed by atoms with Crippen molar-refractivity contribution in [1.29, 1.82) is 0 Å². The van der Waals surface area contributed by atoms with Gasteiger partial charge in [0.2, 0.25) is 0 Å². The minimum absolute atomic E-state index is 0.0625. The second-order valence-corrected chi connectivity index (χ2v) is 20.1. The Bertz CT molecular complexity index is 1460. The Hall–Kier alpha value is 0.0600. The van der Waals surface area contributed by atoms with Crippen molar-refractivity contribution in [3.63, 3.8) is 0 Å². The maximum absolute atomic E-state index is 12.7. The number of fused-ring (bicyclic) bond motifs is 5. The smallest absolute Gasteiger partial charge is 0.331 e. The van der Waals surface area contributed by atoms with Gasteiger partial charge in [0.1, 0.15) is 30.5 Å². The van der Waals surface area contributed by atoms with Crippen LogP contribution < -0.4 is 0 Å². The highest BCUT2D eigenvalue weighted by Gasteiger charge is 2.77. The van der Waals surface area contributed by atoms with E-state index < -0.39 is 134 Å².